The number of ether oxygens (including phenoxy) is 2. The molecule has 0 radical (unpaired) electrons. The number of amides is 3. The smallest absolute Gasteiger partial charge is 0.262 e. The fraction of sp³-hybridized carbons (Fsp3) is 0.280. The molecule has 0 spiro atoms. The second-order valence-electron chi connectivity index (χ2n) is 8.37. The van der Waals surface area contributed by atoms with Crippen LogP contribution in [-0.2, 0) is 24.3 Å². The van der Waals surface area contributed by atoms with Crippen molar-refractivity contribution in [3.63, 3.8) is 0 Å². The Bertz CT molecular complexity index is 1290. The summed E-state index contributed by atoms with van der Waals surface area (Å²) in [6, 6.07) is 10.6. The summed E-state index contributed by atoms with van der Waals surface area (Å²) in [7, 11) is 3.27. The van der Waals surface area contributed by atoms with Crippen molar-refractivity contribution in [2.24, 2.45) is 0 Å². The predicted molar refractivity (Wildman–Crippen MR) is 130 cm³/mol. The Morgan fingerprint density at radius 1 is 1.06 bits per heavy atom. The van der Waals surface area contributed by atoms with Gasteiger partial charge in [-0.1, -0.05) is 12.1 Å². The minimum Gasteiger partial charge on any atom is -0.493 e. The molecule has 5 rings (SSSR count). The van der Waals surface area contributed by atoms with Gasteiger partial charge in [-0.15, -0.1) is 11.3 Å². The number of thiazole rings is 1. The summed E-state index contributed by atoms with van der Waals surface area (Å²) < 4.78 is 10.8. The molecule has 0 atom stereocenters. The van der Waals surface area contributed by atoms with Gasteiger partial charge < -0.3 is 14.8 Å². The van der Waals surface area contributed by atoms with Gasteiger partial charge in [-0.2, -0.15) is 0 Å². The Morgan fingerprint density at radius 3 is 2.37 bits per heavy atom. The van der Waals surface area contributed by atoms with Gasteiger partial charge in [0.05, 0.1) is 31.0 Å². The molecule has 3 amide bonds. The van der Waals surface area contributed by atoms with Crippen LogP contribution in [-0.4, -0.2) is 59.8 Å². The van der Waals surface area contributed by atoms with Gasteiger partial charge in [0.1, 0.15) is 6.54 Å². The van der Waals surface area contributed by atoms with Crippen LogP contribution in [0.4, 0.5) is 5.13 Å². The highest BCUT2D eigenvalue weighted by Crippen LogP contribution is 2.33. The zero-order valence-electron chi connectivity index (χ0n) is 19.4. The van der Waals surface area contributed by atoms with Crippen molar-refractivity contribution in [1.29, 1.82) is 0 Å². The van der Waals surface area contributed by atoms with Crippen LogP contribution in [0, 0.1) is 0 Å². The van der Waals surface area contributed by atoms with Gasteiger partial charge in [-0.25, -0.2) is 4.98 Å². The van der Waals surface area contributed by atoms with E-state index in [0.29, 0.717) is 28.6 Å². The number of fused-ring (bicyclic) bond motifs is 2. The lowest BCUT2D eigenvalue weighted by atomic mass is 9.98. The Labute approximate surface area is 206 Å². The average molecular weight is 493 g/mol. The van der Waals surface area contributed by atoms with Crippen molar-refractivity contribution in [1.82, 2.24) is 14.8 Å². The molecule has 2 aliphatic heterocycles. The largest absolute Gasteiger partial charge is 0.493 e. The average Bonchev–Trinajstić information content (AvgIpc) is 3.40. The second-order valence-corrected chi connectivity index (χ2v) is 9.23. The van der Waals surface area contributed by atoms with Crippen molar-refractivity contribution in [3.8, 4) is 11.5 Å². The van der Waals surface area contributed by atoms with E-state index in [1.807, 2.05) is 17.5 Å². The first-order valence-electron chi connectivity index (χ1n) is 11.1. The monoisotopic (exact) mass is 492 g/mol. The Morgan fingerprint density at radius 2 is 1.71 bits per heavy atom. The lowest BCUT2D eigenvalue weighted by molar-refractivity contribution is -0.116. The quantitative estimate of drug-likeness (QED) is 0.506. The normalized spacial score (nSPS) is 15.1. The third-order valence-corrected chi connectivity index (χ3v) is 6.97. The van der Waals surface area contributed by atoms with E-state index in [1.54, 1.807) is 38.5 Å². The molecule has 0 bridgehead atoms. The summed E-state index contributed by atoms with van der Waals surface area (Å²) >= 11 is 1.32. The molecule has 0 unspecified atom stereocenters. The molecule has 0 saturated carbocycles. The fourth-order valence-electron chi connectivity index (χ4n) is 4.43. The molecule has 10 heteroatoms. The van der Waals surface area contributed by atoms with Crippen LogP contribution in [0.5, 0.6) is 11.5 Å². The summed E-state index contributed by atoms with van der Waals surface area (Å²) in [6.07, 6.45) is 0.893. The summed E-state index contributed by atoms with van der Waals surface area (Å²) in [5.74, 6) is 0.0689. The number of hydrogen-bond acceptors (Lipinski definition) is 8. The molecule has 35 heavy (non-hydrogen) atoms. The minimum atomic E-state index is -0.464. The van der Waals surface area contributed by atoms with E-state index in [2.05, 4.69) is 15.2 Å². The summed E-state index contributed by atoms with van der Waals surface area (Å²) in [5, 5.41) is 5.05. The van der Waals surface area contributed by atoms with Gasteiger partial charge >= 0.3 is 0 Å². The van der Waals surface area contributed by atoms with Crippen molar-refractivity contribution in [3.05, 3.63) is 69.7 Å². The Kier molecular flexibility index (Phi) is 6.23. The number of aromatic nitrogens is 1. The van der Waals surface area contributed by atoms with E-state index >= 15 is 0 Å². The Hall–Kier alpha value is -3.76. The molecular formula is C25H24N4O5S. The molecule has 1 aromatic heterocycles. The third-order valence-electron chi connectivity index (χ3n) is 6.16. The fourth-order valence-corrected chi connectivity index (χ4v) is 5.15. The van der Waals surface area contributed by atoms with Crippen LogP contribution >= 0.6 is 11.3 Å². The Balaban J connectivity index is 1.19. The van der Waals surface area contributed by atoms with Crippen molar-refractivity contribution in [2.75, 3.05) is 32.6 Å². The van der Waals surface area contributed by atoms with Crippen LogP contribution in [0.2, 0.25) is 0 Å². The number of methoxy groups -OCH3 is 2. The van der Waals surface area contributed by atoms with Crippen molar-refractivity contribution >= 4 is 34.2 Å². The first-order chi connectivity index (χ1) is 17.0. The van der Waals surface area contributed by atoms with E-state index in [-0.39, 0.29) is 6.54 Å². The van der Waals surface area contributed by atoms with Crippen LogP contribution in [0.1, 0.15) is 37.5 Å². The minimum absolute atomic E-state index is 0.320. The first-order valence-corrected chi connectivity index (χ1v) is 12.0. The highest BCUT2D eigenvalue weighted by Gasteiger charge is 2.36. The second kappa shape index (κ2) is 9.47. The maximum atomic E-state index is 12.5. The van der Waals surface area contributed by atoms with E-state index < -0.39 is 17.7 Å². The van der Waals surface area contributed by atoms with E-state index in [1.165, 1.54) is 22.5 Å². The van der Waals surface area contributed by atoms with Crippen LogP contribution in [0.25, 0.3) is 0 Å². The van der Waals surface area contributed by atoms with Crippen molar-refractivity contribution < 1.29 is 23.9 Å². The molecule has 180 valence electrons. The maximum absolute atomic E-state index is 12.5. The standard InChI is InChI=1S/C25H24N4O5S/c1-33-20-9-15-7-8-28(11-16(15)10-21(20)34-2)12-17-14-35-25(26-17)27-22(30)13-29-23(31)18-5-3-4-6-19(18)24(29)32/h3-6,9-10,14H,7-8,11-13H2,1-2H3,(H,26,27,30). The molecule has 3 aromatic rings. The molecule has 2 aromatic carbocycles. The van der Waals surface area contributed by atoms with E-state index in [9.17, 15) is 14.4 Å². The lowest BCUT2D eigenvalue weighted by Crippen LogP contribution is -2.37. The van der Waals surface area contributed by atoms with Gasteiger partial charge in [0, 0.05) is 25.0 Å². The highest BCUT2D eigenvalue weighted by atomic mass is 32.1. The number of hydrogen-bond donors (Lipinski definition) is 1. The summed E-state index contributed by atoms with van der Waals surface area (Å²) in [5.41, 5.74) is 3.92. The van der Waals surface area contributed by atoms with E-state index in [0.717, 1.165) is 35.9 Å². The highest BCUT2D eigenvalue weighted by molar-refractivity contribution is 7.13. The molecule has 1 N–H and O–H groups in total. The first kappa shape index (κ1) is 23.0. The summed E-state index contributed by atoms with van der Waals surface area (Å²) in [6.45, 7) is 1.92. The van der Waals surface area contributed by atoms with Gasteiger partial charge in [-0.05, 0) is 41.8 Å². The van der Waals surface area contributed by atoms with Gasteiger partial charge in [0.25, 0.3) is 11.8 Å². The van der Waals surface area contributed by atoms with Gasteiger partial charge in [0.15, 0.2) is 16.6 Å². The SMILES string of the molecule is COc1cc2c(cc1OC)CN(Cc1csc(NC(=O)CN3C(=O)c4ccccc4C3=O)n1)CC2. The van der Waals surface area contributed by atoms with Gasteiger partial charge in [0.2, 0.25) is 5.91 Å². The number of benzene rings is 2. The third kappa shape index (κ3) is 4.50. The maximum Gasteiger partial charge on any atom is 0.262 e. The number of rotatable bonds is 7. The van der Waals surface area contributed by atoms with E-state index in [4.69, 9.17) is 9.47 Å². The lowest BCUT2D eigenvalue weighted by Gasteiger charge is -2.29. The zero-order valence-corrected chi connectivity index (χ0v) is 20.2. The predicted octanol–water partition coefficient (Wildman–Crippen LogP) is 2.95. The molecule has 3 heterocycles. The number of nitrogens with zero attached hydrogens (tertiary/aromatic N) is 3. The zero-order chi connectivity index (χ0) is 24.5. The number of carbonyl (C=O) groups excluding carboxylic acids is 3. The molecule has 0 fully saturated rings. The van der Waals surface area contributed by atoms with Crippen LogP contribution in [0.15, 0.2) is 41.8 Å². The van der Waals surface area contributed by atoms with Crippen LogP contribution in [0.3, 0.4) is 0 Å². The molecule has 0 aliphatic carbocycles. The molecule has 9 nitrogen and oxygen atoms in total. The molecular weight excluding hydrogens is 468 g/mol. The topological polar surface area (TPSA) is 101 Å². The number of imide groups is 1. The summed E-state index contributed by atoms with van der Waals surface area (Å²) in [4.78, 5) is 45.3. The number of nitrogens with one attached hydrogen (secondary N) is 1. The molecule has 0 saturated heterocycles. The molecule has 2 aliphatic rings. The number of carbonyl (C=O) groups is 3. The van der Waals surface area contributed by atoms with Crippen LogP contribution < -0.4 is 14.8 Å². The van der Waals surface area contributed by atoms with Gasteiger partial charge in [-0.3, -0.25) is 24.2 Å². The van der Waals surface area contributed by atoms with Crippen molar-refractivity contribution in [2.45, 2.75) is 19.5 Å². The number of anilines is 1.